The number of piperidine rings is 1. The van der Waals surface area contributed by atoms with Gasteiger partial charge in [0.1, 0.15) is 5.69 Å². The van der Waals surface area contributed by atoms with Gasteiger partial charge in [-0.2, -0.15) is 0 Å². The number of benzene rings is 1. The minimum atomic E-state index is -0.293. The van der Waals surface area contributed by atoms with E-state index in [4.69, 9.17) is 0 Å². The minimum Gasteiger partial charge on any atom is -0.377 e. The van der Waals surface area contributed by atoms with Gasteiger partial charge in [0.05, 0.1) is 4.92 Å². The lowest BCUT2D eigenvalue weighted by atomic mass is 10.0. The highest BCUT2D eigenvalue weighted by molar-refractivity contribution is 5.65. The van der Waals surface area contributed by atoms with Crippen molar-refractivity contribution >= 4 is 11.4 Å². The number of para-hydroxylation sites is 1. The Balaban J connectivity index is 2.08. The van der Waals surface area contributed by atoms with Crippen LogP contribution in [0, 0.1) is 17.0 Å². The Kier molecular flexibility index (Phi) is 4.37. The Morgan fingerprint density at radius 2 is 2.11 bits per heavy atom. The van der Waals surface area contributed by atoms with E-state index >= 15 is 0 Å². The van der Waals surface area contributed by atoms with E-state index in [0.717, 1.165) is 32.5 Å². The number of anilines is 1. The van der Waals surface area contributed by atoms with Crippen LogP contribution in [0.1, 0.15) is 25.3 Å². The van der Waals surface area contributed by atoms with Crippen LogP contribution in [-0.4, -0.2) is 35.5 Å². The second kappa shape index (κ2) is 6.02. The molecule has 5 heteroatoms. The molecule has 1 aliphatic heterocycles. The van der Waals surface area contributed by atoms with Gasteiger partial charge in [0.25, 0.3) is 5.69 Å². The summed E-state index contributed by atoms with van der Waals surface area (Å²) in [5.74, 6) is 0. The van der Waals surface area contributed by atoms with E-state index < -0.39 is 0 Å². The van der Waals surface area contributed by atoms with Gasteiger partial charge in [-0.1, -0.05) is 19.1 Å². The first-order valence-electron chi connectivity index (χ1n) is 6.84. The molecular weight excluding hydrogens is 242 g/mol. The Bertz CT molecular complexity index is 454. The molecule has 1 N–H and O–H groups in total. The molecular formula is C14H21N3O2. The number of nitro benzene ring substituents is 1. The summed E-state index contributed by atoms with van der Waals surface area (Å²) in [5, 5.41) is 14.5. The van der Waals surface area contributed by atoms with Crippen LogP contribution >= 0.6 is 0 Å². The van der Waals surface area contributed by atoms with E-state index in [1.807, 2.05) is 6.07 Å². The van der Waals surface area contributed by atoms with Crippen LogP contribution in [0.5, 0.6) is 0 Å². The molecule has 0 aromatic heterocycles. The summed E-state index contributed by atoms with van der Waals surface area (Å²) in [6, 6.07) is 5.79. The quantitative estimate of drug-likeness (QED) is 0.670. The average molecular weight is 263 g/mol. The van der Waals surface area contributed by atoms with Gasteiger partial charge in [-0.25, -0.2) is 0 Å². The zero-order valence-corrected chi connectivity index (χ0v) is 11.6. The number of nitrogens with zero attached hydrogens (tertiary/aromatic N) is 2. The van der Waals surface area contributed by atoms with Gasteiger partial charge in [0, 0.05) is 24.7 Å². The molecule has 1 heterocycles. The van der Waals surface area contributed by atoms with Crippen LogP contribution in [0.15, 0.2) is 18.2 Å². The van der Waals surface area contributed by atoms with E-state index in [1.54, 1.807) is 19.1 Å². The summed E-state index contributed by atoms with van der Waals surface area (Å²) < 4.78 is 0. The molecule has 1 aromatic carbocycles. The van der Waals surface area contributed by atoms with Crippen molar-refractivity contribution < 1.29 is 4.92 Å². The number of nitrogens with one attached hydrogen (secondary N) is 1. The third-order valence-electron chi connectivity index (χ3n) is 3.81. The van der Waals surface area contributed by atoms with Crippen molar-refractivity contribution in [3.63, 3.8) is 0 Å². The molecule has 0 amide bonds. The largest absolute Gasteiger partial charge is 0.377 e. The molecule has 2 rings (SSSR count). The summed E-state index contributed by atoms with van der Waals surface area (Å²) in [7, 11) is 0. The van der Waals surface area contributed by atoms with E-state index in [2.05, 4.69) is 17.1 Å². The number of rotatable bonds is 4. The van der Waals surface area contributed by atoms with Gasteiger partial charge in [-0.15, -0.1) is 0 Å². The van der Waals surface area contributed by atoms with E-state index in [0.29, 0.717) is 17.3 Å². The molecule has 1 aliphatic rings. The summed E-state index contributed by atoms with van der Waals surface area (Å²) >= 11 is 0. The SMILES string of the molecule is CCN1CCC(Nc2cccc(C)c2[N+](=O)[O-])CC1. The lowest BCUT2D eigenvalue weighted by Crippen LogP contribution is -2.38. The Morgan fingerprint density at radius 3 is 2.68 bits per heavy atom. The zero-order chi connectivity index (χ0) is 13.8. The lowest BCUT2D eigenvalue weighted by molar-refractivity contribution is -0.384. The fourth-order valence-electron chi connectivity index (χ4n) is 2.63. The first-order chi connectivity index (χ1) is 9.11. The number of nitro groups is 1. The molecule has 19 heavy (non-hydrogen) atoms. The van der Waals surface area contributed by atoms with E-state index in [-0.39, 0.29) is 10.6 Å². The van der Waals surface area contributed by atoms with Gasteiger partial charge in [-0.3, -0.25) is 10.1 Å². The molecule has 0 bridgehead atoms. The van der Waals surface area contributed by atoms with Crippen molar-refractivity contribution in [2.24, 2.45) is 0 Å². The zero-order valence-electron chi connectivity index (χ0n) is 11.6. The Hall–Kier alpha value is -1.62. The van der Waals surface area contributed by atoms with Crippen LogP contribution in [0.25, 0.3) is 0 Å². The first kappa shape index (κ1) is 13.8. The summed E-state index contributed by atoms with van der Waals surface area (Å²) in [6.07, 6.45) is 2.08. The normalized spacial score (nSPS) is 17.4. The summed E-state index contributed by atoms with van der Waals surface area (Å²) in [4.78, 5) is 13.3. The molecule has 0 spiro atoms. The van der Waals surface area contributed by atoms with Gasteiger partial charge in [0.15, 0.2) is 0 Å². The van der Waals surface area contributed by atoms with E-state index in [9.17, 15) is 10.1 Å². The first-order valence-corrected chi connectivity index (χ1v) is 6.84. The predicted octanol–water partition coefficient (Wildman–Crippen LogP) is 2.80. The smallest absolute Gasteiger partial charge is 0.295 e. The maximum Gasteiger partial charge on any atom is 0.295 e. The highest BCUT2D eigenvalue weighted by Crippen LogP contribution is 2.29. The van der Waals surface area contributed by atoms with Crippen molar-refractivity contribution in [2.75, 3.05) is 25.0 Å². The molecule has 0 atom stereocenters. The third kappa shape index (κ3) is 3.23. The van der Waals surface area contributed by atoms with Crippen LogP contribution < -0.4 is 5.32 Å². The van der Waals surface area contributed by atoms with Crippen LogP contribution in [0.2, 0.25) is 0 Å². The predicted molar refractivity (Wildman–Crippen MR) is 76.6 cm³/mol. The van der Waals surface area contributed by atoms with Crippen molar-refractivity contribution in [2.45, 2.75) is 32.7 Å². The molecule has 1 aromatic rings. The lowest BCUT2D eigenvalue weighted by Gasteiger charge is -2.31. The topological polar surface area (TPSA) is 58.4 Å². The van der Waals surface area contributed by atoms with E-state index in [1.165, 1.54) is 0 Å². The Labute approximate surface area is 113 Å². The number of hydrogen-bond acceptors (Lipinski definition) is 4. The second-order valence-electron chi connectivity index (χ2n) is 5.08. The highest BCUT2D eigenvalue weighted by Gasteiger charge is 2.22. The number of hydrogen-bond donors (Lipinski definition) is 1. The Morgan fingerprint density at radius 1 is 1.42 bits per heavy atom. The van der Waals surface area contributed by atoms with Gasteiger partial charge in [-0.05, 0) is 32.4 Å². The monoisotopic (exact) mass is 263 g/mol. The number of likely N-dealkylation sites (tertiary alicyclic amines) is 1. The van der Waals surface area contributed by atoms with Gasteiger partial charge < -0.3 is 10.2 Å². The molecule has 0 aliphatic carbocycles. The molecule has 0 saturated carbocycles. The average Bonchev–Trinajstić information content (AvgIpc) is 2.39. The van der Waals surface area contributed by atoms with Crippen LogP contribution in [0.3, 0.4) is 0 Å². The maximum absolute atomic E-state index is 11.1. The highest BCUT2D eigenvalue weighted by atomic mass is 16.6. The van der Waals surface area contributed by atoms with Crippen molar-refractivity contribution in [3.05, 3.63) is 33.9 Å². The molecule has 1 saturated heterocycles. The molecule has 0 unspecified atom stereocenters. The third-order valence-corrected chi connectivity index (χ3v) is 3.81. The van der Waals surface area contributed by atoms with Crippen molar-refractivity contribution in [1.82, 2.24) is 4.90 Å². The summed E-state index contributed by atoms with van der Waals surface area (Å²) in [6.45, 7) is 7.15. The maximum atomic E-state index is 11.1. The number of aryl methyl sites for hydroxylation is 1. The second-order valence-corrected chi connectivity index (χ2v) is 5.08. The minimum absolute atomic E-state index is 0.209. The standard InChI is InChI=1S/C14H21N3O2/c1-3-16-9-7-12(8-10-16)15-13-6-4-5-11(2)14(13)17(18)19/h4-6,12,15H,3,7-10H2,1-2H3. The van der Waals surface area contributed by atoms with Crippen molar-refractivity contribution in [3.8, 4) is 0 Å². The summed E-state index contributed by atoms with van der Waals surface area (Å²) in [5.41, 5.74) is 1.57. The molecule has 104 valence electrons. The molecule has 1 fully saturated rings. The van der Waals surface area contributed by atoms with Crippen molar-refractivity contribution in [1.29, 1.82) is 0 Å². The van der Waals surface area contributed by atoms with Crippen LogP contribution in [0.4, 0.5) is 11.4 Å². The van der Waals surface area contributed by atoms with Gasteiger partial charge >= 0.3 is 0 Å². The van der Waals surface area contributed by atoms with Crippen LogP contribution in [-0.2, 0) is 0 Å². The van der Waals surface area contributed by atoms with Gasteiger partial charge in [0.2, 0.25) is 0 Å². The molecule has 5 nitrogen and oxygen atoms in total. The fourth-order valence-corrected chi connectivity index (χ4v) is 2.63. The molecule has 0 radical (unpaired) electrons. The fraction of sp³-hybridized carbons (Fsp3) is 0.571.